The van der Waals surface area contributed by atoms with E-state index in [1.54, 1.807) is 36.5 Å². The van der Waals surface area contributed by atoms with Crippen molar-refractivity contribution < 1.29 is 23.9 Å². The number of amides is 1. The number of rotatable bonds is 6. The van der Waals surface area contributed by atoms with Crippen molar-refractivity contribution in [2.75, 3.05) is 19.5 Å². The molecule has 4 heterocycles. The average Bonchev–Trinajstić information content (AvgIpc) is 3.52. The van der Waals surface area contributed by atoms with E-state index in [1.807, 2.05) is 65.7 Å². The molecule has 0 saturated carbocycles. The van der Waals surface area contributed by atoms with Crippen LogP contribution in [0.2, 0.25) is 0 Å². The number of ether oxygens (including phenoxy) is 2. The molecule has 42 heavy (non-hydrogen) atoms. The van der Waals surface area contributed by atoms with Gasteiger partial charge in [-0.2, -0.15) is 0 Å². The van der Waals surface area contributed by atoms with E-state index in [2.05, 4.69) is 10.3 Å². The Hall–Kier alpha value is -5.24. The average molecular weight is 558 g/mol. The highest BCUT2D eigenvalue weighted by molar-refractivity contribution is 6.17. The highest BCUT2D eigenvalue weighted by Crippen LogP contribution is 2.62. The molecule has 4 aromatic rings. The van der Waals surface area contributed by atoms with Crippen LogP contribution in [0.1, 0.15) is 43.4 Å². The topological polar surface area (TPSA) is 97.8 Å². The van der Waals surface area contributed by atoms with E-state index >= 15 is 0 Å². The SMILES string of the molecule is COc1ccc(OC)c(C(=O)[C@H]2[C@@H](C(=O)c3cccnc3)[C@]3(C(=O)Nc4ccccc43)[C@H]3c4ccccc4C=CN23)c1. The summed E-state index contributed by atoms with van der Waals surface area (Å²) in [6, 6.07) is 21.9. The van der Waals surface area contributed by atoms with E-state index < -0.39 is 23.4 Å². The molecule has 0 aliphatic carbocycles. The molecule has 3 aliphatic heterocycles. The van der Waals surface area contributed by atoms with Crippen LogP contribution in [-0.4, -0.2) is 47.6 Å². The summed E-state index contributed by atoms with van der Waals surface area (Å²) in [6.07, 6.45) is 6.85. The Morgan fingerprint density at radius 2 is 1.74 bits per heavy atom. The number of fused-ring (bicyclic) bond motifs is 6. The van der Waals surface area contributed by atoms with Crippen LogP contribution >= 0.6 is 0 Å². The molecule has 0 bridgehead atoms. The van der Waals surface area contributed by atoms with Gasteiger partial charge >= 0.3 is 0 Å². The lowest BCUT2D eigenvalue weighted by atomic mass is 9.62. The summed E-state index contributed by atoms with van der Waals surface area (Å²) in [4.78, 5) is 50.2. The fourth-order valence-electron chi connectivity index (χ4n) is 7.02. The lowest BCUT2D eigenvalue weighted by molar-refractivity contribution is -0.122. The molecule has 1 saturated heterocycles. The van der Waals surface area contributed by atoms with E-state index in [0.29, 0.717) is 28.3 Å². The number of nitrogens with zero attached hydrogens (tertiary/aromatic N) is 2. The molecule has 3 aromatic carbocycles. The van der Waals surface area contributed by atoms with Gasteiger partial charge in [-0.05, 0) is 59.2 Å². The summed E-state index contributed by atoms with van der Waals surface area (Å²) in [5.41, 5.74) is 2.28. The predicted octanol–water partition coefficient (Wildman–Crippen LogP) is 5.08. The van der Waals surface area contributed by atoms with Crippen LogP contribution in [0, 0.1) is 5.92 Å². The van der Waals surface area contributed by atoms with Crippen molar-refractivity contribution in [3.05, 3.63) is 125 Å². The summed E-state index contributed by atoms with van der Waals surface area (Å²) < 4.78 is 11.1. The third kappa shape index (κ3) is 3.48. The maximum absolute atomic E-state index is 14.9. The highest BCUT2D eigenvalue weighted by atomic mass is 16.5. The number of nitrogens with one attached hydrogen (secondary N) is 1. The van der Waals surface area contributed by atoms with Crippen molar-refractivity contribution in [2.45, 2.75) is 17.5 Å². The molecule has 208 valence electrons. The number of pyridine rings is 1. The number of ketones is 2. The van der Waals surface area contributed by atoms with Crippen LogP contribution in [0.3, 0.4) is 0 Å². The first-order valence-electron chi connectivity index (χ1n) is 13.7. The Labute approximate surface area is 242 Å². The van der Waals surface area contributed by atoms with Gasteiger partial charge in [-0.15, -0.1) is 0 Å². The molecule has 8 heteroatoms. The minimum Gasteiger partial charge on any atom is -0.497 e. The number of Topliss-reactive ketones (excluding diaryl/α,β-unsaturated/α-hetero) is 2. The molecule has 0 unspecified atom stereocenters. The van der Waals surface area contributed by atoms with Gasteiger partial charge in [0.05, 0.1) is 31.7 Å². The Morgan fingerprint density at radius 3 is 2.52 bits per heavy atom. The summed E-state index contributed by atoms with van der Waals surface area (Å²) in [5, 5.41) is 3.06. The maximum atomic E-state index is 14.9. The predicted molar refractivity (Wildman–Crippen MR) is 157 cm³/mol. The van der Waals surface area contributed by atoms with Gasteiger partial charge in [0.2, 0.25) is 5.91 Å². The Kier molecular flexibility index (Phi) is 5.93. The Balaban J connectivity index is 1.54. The zero-order chi connectivity index (χ0) is 29.0. The number of methoxy groups -OCH3 is 2. The van der Waals surface area contributed by atoms with Gasteiger partial charge in [-0.1, -0.05) is 42.5 Å². The Morgan fingerprint density at radius 1 is 0.929 bits per heavy atom. The summed E-state index contributed by atoms with van der Waals surface area (Å²) in [6.45, 7) is 0. The summed E-state index contributed by atoms with van der Waals surface area (Å²) in [5.74, 6) is -1.29. The van der Waals surface area contributed by atoms with Crippen LogP contribution in [0.25, 0.3) is 6.08 Å². The van der Waals surface area contributed by atoms with Crippen LogP contribution in [0.5, 0.6) is 11.5 Å². The number of aromatic nitrogens is 1. The van der Waals surface area contributed by atoms with Gasteiger partial charge in [0.25, 0.3) is 0 Å². The zero-order valence-corrected chi connectivity index (χ0v) is 23.0. The minimum atomic E-state index is -1.42. The quantitative estimate of drug-likeness (QED) is 0.330. The van der Waals surface area contributed by atoms with Gasteiger partial charge in [0.1, 0.15) is 23.0 Å². The molecule has 3 aliphatic rings. The van der Waals surface area contributed by atoms with Crippen LogP contribution < -0.4 is 14.8 Å². The number of benzene rings is 3. The Bertz CT molecular complexity index is 1790. The molecule has 7 rings (SSSR count). The smallest absolute Gasteiger partial charge is 0.238 e. The normalized spacial score (nSPS) is 23.1. The molecule has 8 nitrogen and oxygen atoms in total. The van der Waals surface area contributed by atoms with Crippen molar-refractivity contribution in [2.24, 2.45) is 5.92 Å². The lowest BCUT2D eigenvalue weighted by Gasteiger charge is -2.38. The number of hydrogen-bond donors (Lipinski definition) is 1. The van der Waals surface area contributed by atoms with Gasteiger partial charge in [0.15, 0.2) is 11.6 Å². The van der Waals surface area contributed by atoms with Gasteiger partial charge in [-0.3, -0.25) is 19.4 Å². The first kappa shape index (κ1) is 25.7. The first-order valence-corrected chi connectivity index (χ1v) is 13.7. The monoisotopic (exact) mass is 557 g/mol. The zero-order valence-electron chi connectivity index (χ0n) is 23.0. The highest BCUT2D eigenvalue weighted by Gasteiger charge is 2.70. The van der Waals surface area contributed by atoms with E-state index in [0.717, 1.165) is 11.1 Å². The molecule has 1 N–H and O–H groups in total. The van der Waals surface area contributed by atoms with Crippen LogP contribution in [0.4, 0.5) is 5.69 Å². The van der Waals surface area contributed by atoms with E-state index in [9.17, 15) is 14.4 Å². The second-order valence-corrected chi connectivity index (χ2v) is 10.6. The third-order valence-electron chi connectivity index (χ3n) is 8.74. The van der Waals surface area contributed by atoms with Crippen molar-refractivity contribution in [1.29, 1.82) is 0 Å². The number of hydrogen-bond acceptors (Lipinski definition) is 7. The van der Waals surface area contributed by atoms with Gasteiger partial charge in [-0.25, -0.2) is 0 Å². The van der Waals surface area contributed by atoms with E-state index in [-0.39, 0.29) is 23.0 Å². The summed E-state index contributed by atoms with van der Waals surface area (Å²) >= 11 is 0. The lowest BCUT2D eigenvalue weighted by Crippen LogP contribution is -2.49. The van der Waals surface area contributed by atoms with Crippen molar-refractivity contribution in [3.8, 4) is 11.5 Å². The molecule has 1 fully saturated rings. The second kappa shape index (κ2) is 9.69. The van der Waals surface area contributed by atoms with Crippen molar-refractivity contribution in [1.82, 2.24) is 9.88 Å². The van der Waals surface area contributed by atoms with E-state index in [4.69, 9.17) is 9.47 Å². The number of anilines is 1. The molecule has 1 aromatic heterocycles. The maximum Gasteiger partial charge on any atom is 0.238 e. The van der Waals surface area contributed by atoms with E-state index in [1.165, 1.54) is 20.4 Å². The number of carbonyl (C=O) groups is 3. The minimum absolute atomic E-state index is 0.264. The number of carbonyl (C=O) groups excluding carboxylic acids is 3. The molecule has 0 radical (unpaired) electrons. The number of para-hydroxylation sites is 1. The molecular formula is C34H27N3O5. The van der Waals surface area contributed by atoms with Crippen LogP contribution in [0.15, 0.2) is 97.5 Å². The largest absolute Gasteiger partial charge is 0.497 e. The van der Waals surface area contributed by atoms with Crippen LogP contribution in [-0.2, 0) is 10.2 Å². The molecule has 1 amide bonds. The van der Waals surface area contributed by atoms with Crippen molar-refractivity contribution in [3.63, 3.8) is 0 Å². The first-order chi connectivity index (χ1) is 20.5. The molecule has 1 spiro atoms. The van der Waals surface area contributed by atoms with Crippen molar-refractivity contribution >= 4 is 29.2 Å². The molecule has 4 atom stereocenters. The third-order valence-corrected chi connectivity index (χ3v) is 8.74. The fraction of sp³-hybridized carbons (Fsp3) is 0.176. The summed E-state index contributed by atoms with van der Waals surface area (Å²) in [7, 11) is 3.02. The standard InChI is InChI=1S/C34H27N3O5/c1-41-22-13-14-27(42-2)24(18-22)31(39)29-28(30(38)21-9-7-16-35-19-21)34(25-11-5-6-12-26(25)36-33(34)40)32-23-10-4-3-8-20(23)15-17-37(29)32/h3-19,28-29,32H,1-2H3,(H,36,40)/t28-,29+,32+,34-/m0/s1. The second-order valence-electron chi connectivity index (χ2n) is 10.6. The molecular weight excluding hydrogens is 530 g/mol. The van der Waals surface area contributed by atoms with Gasteiger partial charge in [0, 0.05) is 29.8 Å². The fourth-order valence-corrected chi connectivity index (χ4v) is 7.02. The van der Waals surface area contributed by atoms with Gasteiger partial charge < -0.3 is 19.7 Å².